The molecule has 0 aliphatic carbocycles. The molecule has 1 aliphatic rings. The molecular weight excluding hydrogens is 311 g/mol. The van der Waals surface area contributed by atoms with Crippen molar-refractivity contribution in [2.45, 2.75) is 12.8 Å². The monoisotopic (exact) mass is 328 g/mol. The Bertz CT molecular complexity index is 461. The Morgan fingerprint density at radius 1 is 1.42 bits per heavy atom. The van der Waals surface area contributed by atoms with Crippen LogP contribution in [0.3, 0.4) is 0 Å². The van der Waals surface area contributed by atoms with Gasteiger partial charge in [0.05, 0.1) is 4.47 Å². The molecule has 0 atom stereocenters. The summed E-state index contributed by atoms with van der Waals surface area (Å²) >= 11 is 3.08. The molecule has 1 fully saturated rings. The Hall–Kier alpha value is -0.940. The van der Waals surface area contributed by atoms with Crippen molar-refractivity contribution in [3.05, 3.63) is 34.1 Å². The molecule has 1 aromatic carbocycles. The predicted octanol–water partition coefficient (Wildman–Crippen LogP) is 2.76. The number of carbonyl (C=O) groups is 1. The molecule has 3 nitrogen and oxygen atoms in total. The van der Waals surface area contributed by atoms with E-state index in [1.807, 2.05) is 0 Å². The molecule has 104 valence electrons. The van der Waals surface area contributed by atoms with Gasteiger partial charge in [-0.1, -0.05) is 0 Å². The second-order valence-corrected chi connectivity index (χ2v) is 5.76. The van der Waals surface area contributed by atoms with E-state index < -0.39 is 5.82 Å². The lowest BCUT2D eigenvalue weighted by Gasteiger charge is -2.21. The van der Waals surface area contributed by atoms with Crippen LogP contribution in [-0.4, -0.2) is 48.9 Å². The van der Waals surface area contributed by atoms with E-state index in [-0.39, 0.29) is 5.91 Å². The van der Waals surface area contributed by atoms with Crippen molar-refractivity contribution in [1.29, 1.82) is 0 Å². The number of carbonyl (C=O) groups excluding carboxylic acids is 1. The van der Waals surface area contributed by atoms with Crippen molar-refractivity contribution < 1.29 is 9.18 Å². The summed E-state index contributed by atoms with van der Waals surface area (Å²) in [4.78, 5) is 16.1. The molecule has 0 unspecified atom stereocenters. The summed E-state index contributed by atoms with van der Waals surface area (Å²) < 4.78 is 13.8. The van der Waals surface area contributed by atoms with Gasteiger partial charge in [0.1, 0.15) is 5.82 Å². The van der Waals surface area contributed by atoms with Gasteiger partial charge in [-0.3, -0.25) is 4.79 Å². The Labute approximate surface area is 121 Å². The molecule has 19 heavy (non-hydrogen) atoms. The van der Waals surface area contributed by atoms with E-state index >= 15 is 0 Å². The molecule has 0 bridgehead atoms. The number of nitrogens with zero attached hydrogens (tertiary/aromatic N) is 2. The van der Waals surface area contributed by atoms with Crippen LogP contribution in [0.25, 0.3) is 0 Å². The van der Waals surface area contributed by atoms with Gasteiger partial charge in [0.25, 0.3) is 5.91 Å². The maximum Gasteiger partial charge on any atom is 0.253 e. The summed E-state index contributed by atoms with van der Waals surface area (Å²) in [6.07, 6.45) is 2.49. The number of amides is 1. The highest BCUT2D eigenvalue weighted by Crippen LogP contribution is 2.17. The summed E-state index contributed by atoms with van der Waals surface area (Å²) in [7, 11) is 1.76. The van der Waals surface area contributed by atoms with E-state index in [0.29, 0.717) is 16.6 Å². The number of likely N-dealkylation sites (tertiary alicyclic amines) is 1. The average molecular weight is 329 g/mol. The molecule has 0 saturated carbocycles. The Kier molecular flexibility index (Phi) is 4.93. The first-order chi connectivity index (χ1) is 9.08. The van der Waals surface area contributed by atoms with Gasteiger partial charge in [0.15, 0.2) is 0 Å². The van der Waals surface area contributed by atoms with Crippen LogP contribution < -0.4 is 0 Å². The van der Waals surface area contributed by atoms with Gasteiger partial charge in [0.2, 0.25) is 0 Å². The fourth-order valence-corrected chi connectivity index (χ4v) is 2.50. The lowest BCUT2D eigenvalue weighted by molar-refractivity contribution is 0.0782. The molecule has 1 aromatic rings. The minimum atomic E-state index is -0.404. The summed E-state index contributed by atoms with van der Waals surface area (Å²) in [6.45, 7) is 3.81. The van der Waals surface area contributed by atoms with E-state index in [9.17, 15) is 9.18 Å². The first-order valence-electron chi connectivity index (χ1n) is 6.51. The Morgan fingerprint density at radius 3 is 2.74 bits per heavy atom. The Morgan fingerprint density at radius 2 is 2.11 bits per heavy atom. The molecule has 2 rings (SSSR count). The van der Waals surface area contributed by atoms with Crippen molar-refractivity contribution in [3.63, 3.8) is 0 Å². The Balaban J connectivity index is 1.92. The number of hydrogen-bond acceptors (Lipinski definition) is 2. The zero-order valence-electron chi connectivity index (χ0n) is 11.0. The molecular formula is C14H18BrFN2O. The topological polar surface area (TPSA) is 23.6 Å². The van der Waals surface area contributed by atoms with Crippen molar-refractivity contribution >= 4 is 21.8 Å². The van der Waals surface area contributed by atoms with E-state index in [4.69, 9.17) is 0 Å². The zero-order valence-corrected chi connectivity index (χ0v) is 12.6. The van der Waals surface area contributed by atoms with Crippen LogP contribution >= 0.6 is 15.9 Å². The molecule has 0 radical (unpaired) electrons. The second-order valence-electron chi connectivity index (χ2n) is 4.90. The first kappa shape index (κ1) is 14.5. The second kappa shape index (κ2) is 6.48. The molecule has 0 N–H and O–H groups in total. The van der Waals surface area contributed by atoms with Crippen molar-refractivity contribution in [3.8, 4) is 0 Å². The van der Waals surface area contributed by atoms with Crippen LogP contribution in [-0.2, 0) is 0 Å². The summed E-state index contributed by atoms with van der Waals surface area (Å²) in [6, 6.07) is 4.48. The normalized spacial score (nSPS) is 15.7. The van der Waals surface area contributed by atoms with Gasteiger partial charge in [-0.05, 0) is 60.1 Å². The number of rotatable bonds is 4. The number of benzene rings is 1. The number of halogens is 2. The number of likely N-dealkylation sites (N-methyl/N-ethyl adjacent to an activating group) is 1. The zero-order chi connectivity index (χ0) is 13.8. The van der Waals surface area contributed by atoms with Gasteiger partial charge in [0, 0.05) is 25.7 Å². The molecule has 1 aliphatic heterocycles. The van der Waals surface area contributed by atoms with Crippen LogP contribution in [0.1, 0.15) is 23.2 Å². The SMILES string of the molecule is CN(CCN1CCCC1)C(=O)c1ccc(Br)c(F)c1. The third-order valence-corrected chi connectivity index (χ3v) is 4.11. The third-order valence-electron chi connectivity index (χ3n) is 3.46. The molecule has 1 amide bonds. The lowest BCUT2D eigenvalue weighted by atomic mass is 10.2. The van der Waals surface area contributed by atoms with Gasteiger partial charge in [-0.2, -0.15) is 0 Å². The van der Waals surface area contributed by atoms with Crippen LogP contribution in [0.4, 0.5) is 4.39 Å². The standard InChI is InChI=1S/C14H18BrFN2O/c1-17(8-9-18-6-2-3-7-18)14(19)11-4-5-12(15)13(16)10-11/h4-5,10H,2-3,6-9H2,1H3. The molecule has 0 spiro atoms. The van der Waals surface area contributed by atoms with Crippen LogP contribution in [0, 0.1) is 5.82 Å². The molecule has 1 heterocycles. The average Bonchev–Trinajstić information content (AvgIpc) is 2.91. The van der Waals surface area contributed by atoms with E-state index in [0.717, 1.165) is 19.6 Å². The van der Waals surface area contributed by atoms with Gasteiger partial charge in [-0.25, -0.2) is 4.39 Å². The molecule has 1 saturated heterocycles. The highest BCUT2D eigenvalue weighted by atomic mass is 79.9. The quantitative estimate of drug-likeness (QED) is 0.848. The fourth-order valence-electron chi connectivity index (χ4n) is 2.25. The highest BCUT2D eigenvalue weighted by molar-refractivity contribution is 9.10. The largest absolute Gasteiger partial charge is 0.340 e. The van der Waals surface area contributed by atoms with Crippen LogP contribution in [0.2, 0.25) is 0 Å². The van der Waals surface area contributed by atoms with E-state index in [1.165, 1.54) is 18.9 Å². The lowest BCUT2D eigenvalue weighted by Crippen LogP contribution is -2.35. The van der Waals surface area contributed by atoms with E-state index in [2.05, 4.69) is 20.8 Å². The van der Waals surface area contributed by atoms with Crippen LogP contribution in [0.15, 0.2) is 22.7 Å². The third kappa shape index (κ3) is 3.76. The predicted molar refractivity (Wildman–Crippen MR) is 76.7 cm³/mol. The first-order valence-corrected chi connectivity index (χ1v) is 7.30. The smallest absolute Gasteiger partial charge is 0.253 e. The van der Waals surface area contributed by atoms with Crippen LogP contribution in [0.5, 0.6) is 0 Å². The van der Waals surface area contributed by atoms with Gasteiger partial charge in [-0.15, -0.1) is 0 Å². The number of hydrogen-bond donors (Lipinski definition) is 0. The maximum absolute atomic E-state index is 13.4. The minimum Gasteiger partial charge on any atom is -0.340 e. The van der Waals surface area contributed by atoms with Gasteiger partial charge < -0.3 is 9.80 Å². The molecule has 5 heteroatoms. The molecule has 0 aromatic heterocycles. The van der Waals surface area contributed by atoms with Crippen molar-refractivity contribution in [2.75, 3.05) is 33.2 Å². The fraction of sp³-hybridized carbons (Fsp3) is 0.500. The summed E-state index contributed by atoms with van der Waals surface area (Å²) in [5.41, 5.74) is 0.393. The van der Waals surface area contributed by atoms with Gasteiger partial charge >= 0.3 is 0 Å². The van der Waals surface area contributed by atoms with Crippen molar-refractivity contribution in [2.24, 2.45) is 0 Å². The maximum atomic E-state index is 13.4. The van der Waals surface area contributed by atoms with E-state index in [1.54, 1.807) is 24.1 Å². The summed E-state index contributed by atoms with van der Waals surface area (Å²) in [5.74, 6) is -0.538. The van der Waals surface area contributed by atoms with Crippen molar-refractivity contribution in [1.82, 2.24) is 9.80 Å². The minimum absolute atomic E-state index is 0.134. The highest BCUT2D eigenvalue weighted by Gasteiger charge is 2.16. The summed E-state index contributed by atoms with van der Waals surface area (Å²) in [5, 5.41) is 0.